The summed E-state index contributed by atoms with van der Waals surface area (Å²) < 4.78 is 2.05. The largest absolute Gasteiger partial charge is 0.478 e. The number of imide groups is 1. The molecule has 2 heterocycles. The molecule has 3 aromatic rings. The number of hydrogen-bond donors (Lipinski definition) is 1. The number of carbonyl (C=O) groups excluding carboxylic acids is 2. The van der Waals surface area contributed by atoms with Crippen molar-refractivity contribution in [3.8, 4) is 0 Å². The molecule has 4 unspecified atom stereocenters. The number of nitrogens with zero attached hydrogens (tertiary/aromatic N) is 3. The van der Waals surface area contributed by atoms with Gasteiger partial charge in [0.05, 0.1) is 23.6 Å². The molecule has 1 saturated heterocycles. The number of carbonyl (C=O) groups is 3. The number of allylic oxidation sites excluding steroid dienone is 2. The first-order chi connectivity index (χ1) is 16.0. The third-order valence-electron chi connectivity index (χ3n) is 7.13. The second-order valence-electron chi connectivity index (χ2n) is 8.96. The van der Waals surface area contributed by atoms with Gasteiger partial charge in [0.1, 0.15) is 0 Å². The summed E-state index contributed by atoms with van der Waals surface area (Å²) in [6.07, 6.45) is 8.57. The molecule has 2 aliphatic carbocycles. The molecule has 2 bridgehead atoms. The average molecular weight is 439 g/mol. The lowest BCUT2D eigenvalue weighted by Gasteiger charge is -2.13. The number of hydrogen-bond acceptors (Lipinski definition) is 4. The summed E-state index contributed by atoms with van der Waals surface area (Å²) in [6.45, 7) is 0.551. The average Bonchev–Trinajstić information content (AvgIpc) is 3.57. The molecular weight excluding hydrogens is 418 g/mol. The van der Waals surface area contributed by atoms with Crippen molar-refractivity contribution >= 4 is 34.9 Å². The Hall–Kier alpha value is -4.00. The van der Waals surface area contributed by atoms with Gasteiger partial charge in [-0.2, -0.15) is 10.1 Å². The van der Waals surface area contributed by atoms with Crippen LogP contribution in [0.5, 0.6) is 0 Å². The Morgan fingerprint density at radius 1 is 1.00 bits per heavy atom. The van der Waals surface area contributed by atoms with E-state index in [-0.39, 0.29) is 41.0 Å². The fourth-order valence-electron chi connectivity index (χ4n) is 5.58. The predicted octanol–water partition coefficient (Wildman–Crippen LogP) is 3.53. The van der Waals surface area contributed by atoms with Crippen LogP contribution in [0.3, 0.4) is 0 Å². The number of carboxylic acids is 1. The Bertz CT molecular complexity index is 1340. The molecule has 3 aliphatic rings. The van der Waals surface area contributed by atoms with Crippen molar-refractivity contribution in [1.82, 2.24) is 9.58 Å². The summed E-state index contributed by atoms with van der Waals surface area (Å²) in [7, 11) is 0. The van der Waals surface area contributed by atoms with Crippen LogP contribution >= 0.6 is 0 Å². The summed E-state index contributed by atoms with van der Waals surface area (Å²) in [6, 6.07) is 14.6. The number of aromatic nitrogens is 1. The predicted molar refractivity (Wildman–Crippen MR) is 122 cm³/mol. The zero-order valence-electron chi connectivity index (χ0n) is 17.7. The Balaban J connectivity index is 1.29. The zero-order chi connectivity index (χ0) is 22.7. The summed E-state index contributed by atoms with van der Waals surface area (Å²) >= 11 is 0. The summed E-state index contributed by atoms with van der Waals surface area (Å²) in [5.74, 6) is -1.55. The van der Waals surface area contributed by atoms with E-state index < -0.39 is 5.97 Å². The van der Waals surface area contributed by atoms with Gasteiger partial charge < -0.3 is 9.67 Å². The molecule has 0 spiro atoms. The highest BCUT2D eigenvalue weighted by Crippen LogP contribution is 2.52. The summed E-state index contributed by atoms with van der Waals surface area (Å²) in [5, 5.41) is 15.5. The fourth-order valence-corrected chi connectivity index (χ4v) is 5.58. The first-order valence-electron chi connectivity index (χ1n) is 11.0. The van der Waals surface area contributed by atoms with Gasteiger partial charge in [0, 0.05) is 29.2 Å². The summed E-state index contributed by atoms with van der Waals surface area (Å²) in [5.41, 5.74) is 3.01. The van der Waals surface area contributed by atoms with Crippen LogP contribution < -0.4 is 0 Å². The number of fused-ring (bicyclic) bond motifs is 6. The molecule has 1 aliphatic heterocycles. The van der Waals surface area contributed by atoms with E-state index >= 15 is 0 Å². The Kier molecular flexibility index (Phi) is 4.33. The molecule has 2 fully saturated rings. The molecule has 1 N–H and O–H groups in total. The minimum absolute atomic E-state index is 0.158. The van der Waals surface area contributed by atoms with Crippen LogP contribution in [0.2, 0.25) is 0 Å². The van der Waals surface area contributed by atoms with Crippen molar-refractivity contribution in [2.24, 2.45) is 28.8 Å². The lowest BCUT2D eigenvalue weighted by molar-refractivity contribution is -0.140. The zero-order valence-corrected chi connectivity index (χ0v) is 17.7. The molecular formula is C26H21N3O4. The van der Waals surface area contributed by atoms with Crippen molar-refractivity contribution in [3.05, 3.63) is 83.6 Å². The van der Waals surface area contributed by atoms with Crippen LogP contribution in [0.4, 0.5) is 0 Å². The van der Waals surface area contributed by atoms with Gasteiger partial charge in [0.25, 0.3) is 11.8 Å². The van der Waals surface area contributed by atoms with E-state index in [1.54, 1.807) is 30.5 Å². The monoisotopic (exact) mass is 439 g/mol. The quantitative estimate of drug-likeness (QED) is 0.374. The number of amides is 2. The molecule has 164 valence electrons. The maximum absolute atomic E-state index is 12.9. The number of aromatic carboxylic acids is 1. The number of carboxylic acid groups (broad SMARTS) is 1. The van der Waals surface area contributed by atoms with Crippen molar-refractivity contribution in [2.45, 2.75) is 13.0 Å². The first kappa shape index (κ1) is 19.7. The minimum atomic E-state index is -0.953. The lowest BCUT2D eigenvalue weighted by Crippen LogP contribution is -2.28. The Morgan fingerprint density at radius 2 is 1.67 bits per heavy atom. The van der Waals surface area contributed by atoms with Crippen molar-refractivity contribution in [3.63, 3.8) is 0 Å². The van der Waals surface area contributed by atoms with Gasteiger partial charge in [-0.15, -0.1) is 0 Å². The number of benzene rings is 2. The molecule has 2 aromatic carbocycles. The van der Waals surface area contributed by atoms with Crippen molar-refractivity contribution < 1.29 is 19.5 Å². The lowest BCUT2D eigenvalue weighted by atomic mass is 9.85. The molecule has 33 heavy (non-hydrogen) atoms. The van der Waals surface area contributed by atoms with E-state index in [4.69, 9.17) is 5.11 Å². The van der Waals surface area contributed by atoms with Crippen molar-refractivity contribution in [1.29, 1.82) is 0 Å². The van der Waals surface area contributed by atoms with Crippen LogP contribution in [0.1, 0.15) is 27.9 Å². The highest BCUT2D eigenvalue weighted by Gasteiger charge is 2.59. The number of para-hydroxylation sites is 1. The molecule has 7 heteroatoms. The maximum Gasteiger partial charge on any atom is 0.335 e. The van der Waals surface area contributed by atoms with Crippen LogP contribution in [0.15, 0.2) is 72.0 Å². The van der Waals surface area contributed by atoms with E-state index in [0.29, 0.717) is 6.54 Å². The van der Waals surface area contributed by atoms with Gasteiger partial charge >= 0.3 is 5.97 Å². The normalized spacial score (nSPS) is 25.6. The van der Waals surface area contributed by atoms with Crippen LogP contribution in [0.25, 0.3) is 10.9 Å². The highest BCUT2D eigenvalue weighted by molar-refractivity contribution is 6.07. The topological polar surface area (TPSA) is 92.0 Å². The van der Waals surface area contributed by atoms with Crippen LogP contribution in [0, 0.1) is 23.7 Å². The smallest absolute Gasteiger partial charge is 0.335 e. The Labute approximate surface area is 189 Å². The van der Waals surface area contributed by atoms with Gasteiger partial charge in [-0.3, -0.25) is 9.59 Å². The molecule has 1 aromatic heterocycles. The first-order valence-corrected chi connectivity index (χ1v) is 11.0. The van der Waals surface area contributed by atoms with E-state index in [1.807, 2.05) is 30.5 Å². The second-order valence-corrected chi connectivity index (χ2v) is 8.96. The SMILES string of the molecule is O=C(O)c1ccc(Cn2cc(C=NN3C(=O)C4C5C=CC(C5)C4C3=O)c3ccccc32)cc1. The molecule has 0 radical (unpaired) electrons. The molecule has 4 atom stereocenters. The Morgan fingerprint density at radius 3 is 2.33 bits per heavy atom. The minimum Gasteiger partial charge on any atom is -0.478 e. The van der Waals surface area contributed by atoms with Crippen LogP contribution in [-0.4, -0.2) is 38.7 Å². The molecule has 1 saturated carbocycles. The second kappa shape index (κ2) is 7.27. The van der Waals surface area contributed by atoms with Gasteiger partial charge in [-0.1, -0.05) is 42.5 Å². The number of hydrazone groups is 1. The standard InChI is InChI=1S/C26H21N3O4/c30-24-22-17-9-10-18(11-17)23(22)25(31)29(24)27-12-19-14-28(21-4-2-1-3-20(19)21)13-15-5-7-16(8-6-15)26(32)33/h1-10,12,14,17-18,22-23H,11,13H2,(H,32,33). The number of rotatable bonds is 5. The van der Waals surface area contributed by atoms with Gasteiger partial charge in [0.15, 0.2) is 0 Å². The molecule has 6 rings (SSSR count). The van der Waals surface area contributed by atoms with E-state index in [9.17, 15) is 14.4 Å². The third kappa shape index (κ3) is 3.03. The van der Waals surface area contributed by atoms with Crippen molar-refractivity contribution in [2.75, 3.05) is 0 Å². The highest BCUT2D eigenvalue weighted by atomic mass is 16.4. The maximum atomic E-state index is 12.9. The van der Waals surface area contributed by atoms with Gasteiger partial charge in [-0.25, -0.2) is 4.79 Å². The van der Waals surface area contributed by atoms with E-state index in [1.165, 1.54) is 0 Å². The van der Waals surface area contributed by atoms with E-state index in [0.717, 1.165) is 33.5 Å². The summed E-state index contributed by atoms with van der Waals surface area (Å²) in [4.78, 5) is 36.9. The van der Waals surface area contributed by atoms with Gasteiger partial charge in [0.2, 0.25) is 0 Å². The van der Waals surface area contributed by atoms with E-state index in [2.05, 4.69) is 21.8 Å². The van der Waals surface area contributed by atoms with Crippen LogP contribution in [-0.2, 0) is 16.1 Å². The fraction of sp³-hybridized carbons (Fsp3) is 0.231. The molecule has 2 amide bonds. The molecule has 7 nitrogen and oxygen atoms in total. The van der Waals surface area contributed by atoms with Gasteiger partial charge in [-0.05, 0) is 42.0 Å². The third-order valence-corrected chi connectivity index (χ3v) is 7.13.